The van der Waals surface area contributed by atoms with Gasteiger partial charge in [0, 0.05) is 14.2 Å². The zero-order valence-corrected chi connectivity index (χ0v) is 10.6. The van der Waals surface area contributed by atoms with E-state index in [2.05, 4.69) is 10.6 Å². The van der Waals surface area contributed by atoms with Crippen LogP contribution in [0.4, 0.5) is 4.79 Å². The average Bonchev–Trinajstić information content (AvgIpc) is 2.75. The summed E-state index contributed by atoms with van der Waals surface area (Å²) in [5.41, 5.74) is 0. The second kappa shape index (κ2) is 7.17. The van der Waals surface area contributed by atoms with E-state index in [0.29, 0.717) is 0 Å². The fourth-order valence-electron chi connectivity index (χ4n) is 2.08. The average molecular weight is 260 g/mol. The van der Waals surface area contributed by atoms with Crippen molar-refractivity contribution in [3.8, 4) is 0 Å². The van der Waals surface area contributed by atoms with E-state index in [0.717, 1.165) is 19.3 Å². The molecule has 0 aromatic heterocycles. The number of aliphatic carboxylic acids is 1. The molecule has 0 aromatic carbocycles. The minimum Gasteiger partial charge on any atom is -0.480 e. The minimum absolute atomic E-state index is 0.00135. The maximum atomic E-state index is 11.7. The number of urea groups is 1. The molecule has 7 nitrogen and oxygen atoms in total. The summed E-state index contributed by atoms with van der Waals surface area (Å²) >= 11 is 0. The van der Waals surface area contributed by atoms with Gasteiger partial charge in [0.1, 0.15) is 0 Å². The fraction of sp³-hybridized carbons (Fsp3) is 0.818. The molecule has 0 radical (unpaired) electrons. The Kier molecular flexibility index (Phi) is 5.87. The van der Waals surface area contributed by atoms with Crippen molar-refractivity contribution >= 4 is 12.0 Å². The number of carbonyl (C=O) groups excluding carboxylic acids is 1. The summed E-state index contributed by atoms with van der Waals surface area (Å²) in [5, 5.41) is 14.0. The Morgan fingerprint density at radius 3 is 2.67 bits per heavy atom. The first kappa shape index (κ1) is 14.7. The largest absolute Gasteiger partial charge is 0.480 e. The summed E-state index contributed by atoms with van der Waals surface area (Å²) in [6, 6.07) is -1.61. The third kappa shape index (κ3) is 4.15. The van der Waals surface area contributed by atoms with Crippen LogP contribution in [-0.2, 0) is 14.3 Å². The third-order valence-corrected chi connectivity index (χ3v) is 3.01. The lowest BCUT2D eigenvalue weighted by molar-refractivity contribution is -0.140. The summed E-state index contributed by atoms with van der Waals surface area (Å²) in [6.45, 7) is -0.0683. The smallest absolute Gasteiger partial charge is 0.328 e. The third-order valence-electron chi connectivity index (χ3n) is 3.01. The van der Waals surface area contributed by atoms with Crippen molar-refractivity contribution in [3.63, 3.8) is 0 Å². The van der Waals surface area contributed by atoms with Crippen LogP contribution in [0.1, 0.15) is 19.3 Å². The van der Waals surface area contributed by atoms with Crippen LogP contribution in [0.25, 0.3) is 0 Å². The summed E-state index contributed by atoms with van der Waals surface area (Å²) in [7, 11) is 2.99. The molecule has 1 rings (SSSR count). The van der Waals surface area contributed by atoms with Crippen LogP contribution in [0.5, 0.6) is 0 Å². The number of carboxylic acids is 1. The van der Waals surface area contributed by atoms with Gasteiger partial charge in [-0.15, -0.1) is 0 Å². The van der Waals surface area contributed by atoms with Crippen LogP contribution < -0.4 is 10.6 Å². The van der Waals surface area contributed by atoms with Crippen molar-refractivity contribution in [1.82, 2.24) is 10.6 Å². The molecule has 0 aliphatic heterocycles. The monoisotopic (exact) mass is 260 g/mol. The summed E-state index contributed by atoms with van der Waals surface area (Å²) in [5.74, 6) is -1.12. The molecule has 0 saturated heterocycles. The van der Waals surface area contributed by atoms with Gasteiger partial charge in [0.2, 0.25) is 0 Å². The molecule has 0 heterocycles. The van der Waals surface area contributed by atoms with E-state index < -0.39 is 18.0 Å². The van der Waals surface area contributed by atoms with Gasteiger partial charge in [0.25, 0.3) is 0 Å². The highest BCUT2D eigenvalue weighted by molar-refractivity contribution is 5.82. The van der Waals surface area contributed by atoms with E-state index >= 15 is 0 Å². The Morgan fingerprint density at radius 2 is 2.11 bits per heavy atom. The lowest BCUT2D eigenvalue weighted by Gasteiger charge is -2.21. The van der Waals surface area contributed by atoms with E-state index in [-0.39, 0.29) is 18.8 Å². The number of methoxy groups -OCH3 is 2. The van der Waals surface area contributed by atoms with Gasteiger partial charge in [-0.1, -0.05) is 0 Å². The SMILES string of the molecule is COCC(NC(=O)NC1CCCC1OC)C(=O)O. The topological polar surface area (TPSA) is 96.9 Å². The number of ether oxygens (including phenoxy) is 2. The number of carbonyl (C=O) groups is 2. The lowest BCUT2D eigenvalue weighted by atomic mass is 10.2. The van der Waals surface area contributed by atoms with E-state index in [1.165, 1.54) is 7.11 Å². The van der Waals surface area contributed by atoms with Crippen molar-refractivity contribution in [3.05, 3.63) is 0 Å². The first-order valence-corrected chi connectivity index (χ1v) is 5.90. The maximum absolute atomic E-state index is 11.7. The van der Waals surface area contributed by atoms with Crippen molar-refractivity contribution in [2.75, 3.05) is 20.8 Å². The van der Waals surface area contributed by atoms with Gasteiger partial charge in [-0.2, -0.15) is 0 Å². The molecule has 2 amide bonds. The second-order valence-corrected chi connectivity index (χ2v) is 4.28. The molecule has 104 valence electrons. The predicted octanol–water partition coefficient (Wildman–Crippen LogP) is -0.0473. The normalized spacial score (nSPS) is 24.6. The molecule has 1 saturated carbocycles. The summed E-state index contributed by atoms with van der Waals surface area (Å²) in [6.07, 6.45) is 2.74. The van der Waals surface area contributed by atoms with Crippen molar-refractivity contribution in [2.24, 2.45) is 0 Å². The molecule has 3 unspecified atom stereocenters. The highest BCUT2D eigenvalue weighted by Crippen LogP contribution is 2.21. The zero-order valence-electron chi connectivity index (χ0n) is 10.6. The second-order valence-electron chi connectivity index (χ2n) is 4.28. The Balaban J connectivity index is 2.42. The molecule has 3 N–H and O–H groups in total. The van der Waals surface area contributed by atoms with Gasteiger partial charge >= 0.3 is 12.0 Å². The molecule has 1 fully saturated rings. The van der Waals surface area contributed by atoms with Crippen molar-refractivity contribution in [2.45, 2.75) is 37.5 Å². The Bertz CT molecular complexity index is 297. The number of hydrogen-bond donors (Lipinski definition) is 3. The van der Waals surface area contributed by atoms with E-state index in [4.69, 9.17) is 14.6 Å². The molecule has 18 heavy (non-hydrogen) atoms. The molecular weight excluding hydrogens is 240 g/mol. The van der Waals surface area contributed by atoms with Gasteiger partial charge in [0.15, 0.2) is 6.04 Å². The van der Waals surface area contributed by atoms with Crippen LogP contribution in [0.3, 0.4) is 0 Å². The Hall–Kier alpha value is -1.34. The number of nitrogens with one attached hydrogen (secondary N) is 2. The van der Waals surface area contributed by atoms with Gasteiger partial charge in [-0.05, 0) is 19.3 Å². The van der Waals surface area contributed by atoms with E-state index in [9.17, 15) is 9.59 Å². The van der Waals surface area contributed by atoms with E-state index in [1.54, 1.807) is 7.11 Å². The number of rotatable bonds is 6. The predicted molar refractivity (Wildman–Crippen MR) is 63.4 cm³/mol. The number of carboxylic acid groups (broad SMARTS) is 1. The molecule has 7 heteroatoms. The first-order chi connectivity index (χ1) is 8.58. The van der Waals surface area contributed by atoms with Gasteiger partial charge in [0.05, 0.1) is 18.8 Å². The quantitative estimate of drug-likeness (QED) is 0.622. The van der Waals surface area contributed by atoms with Crippen LogP contribution >= 0.6 is 0 Å². The standard InChI is InChI=1S/C11H20N2O5/c1-17-6-8(10(14)15)13-11(16)12-7-4-3-5-9(7)18-2/h7-9H,3-6H2,1-2H3,(H,14,15)(H2,12,13,16). The zero-order chi connectivity index (χ0) is 13.5. The Labute approximate surface area is 106 Å². The highest BCUT2D eigenvalue weighted by Gasteiger charge is 2.29. The summed E-state index contributed by atoms with van der Waals surface area (Å²) in [4.78, 5) is 22.5. The maximum Gasteiger partial charge on any atom is 0.328 e. The molecule has 3 atom stereocenters. The van der Waals surface area contributed by atoms with Crippen LogP contribution in [-0.4, -0.2) is 56.1 Å². The molecular formula is C11H20N2O5. The molecule has 1 aliphatic rings. The van der Waals surface area contributed by atoms with Gasteiger partial charge in [-0.3, -0.25) is 0 Å². The number of hydrogen-bond acceptors (Lipinski definition) is 4. The van der Waals surface area contributed by atoms with Crippen LogP contribution in [0.2, 0.25) is 0 Å². The molecule has 0 bridgehead atoms. The molecule has 1 aliphatic carbocycles. The number of amides is 2. The van der Waals surface area contributed by atoms with E-state index in [1.807, 2.05) is 0 Å². The molecule has 0 spiro atoms. The minimum atomic E-state index is -1.12. The highest BCUT2D eigenvalue weighted by atomic mass is 16.5. The molecule has 0 aromatic rings. The van der Waals surface area contributed by atoms with Crippen LogP contribution in [0.15, 0.2) is 0 Å². The first-order valence-electron chi connectivity index (χ1n) is 5.90. The van der Waals surface area contributed by atoms with Crippen molar-refractivity contribution in [1.29, 1.82) is 0 Å². The van der Waals surface area contributed by atoms with Crippen molar-refractivity contribution < 1.29 is 24.2 Å². The Morgan fingerprint density at radius 1 is 1.39 bits per heavy atom. The van der Waals surface area contributed by atoms with Crippen LogP contribution in [0, 0.1) is 0 Å². The fourth-order valence-corrected chi connectivity index (χ4v) is 2.08. The van der Waals surface area contributed by atoms with Gasteiger partial charge in [-0.25, -0.2) is 9.59 Å². The van der Waals surface area contributed by atoms with Gasteiger partial charge < -0.3 is 25.2 Å². The summed E-state index contributed by atoms with van der Waals surface area (Å²) < 4.78 is 9.97. The lowest BCUT2D eigenvalue weighted by Crippen LogP contribution is -2.52.